The molecule has 0 saturated carbocycles. The number of hydrogen-bond donors (Lipinski definition) is 1. The first kappa shape index (κ1) is 17.5. The lowest BCUT2D eigenvalue weighted by Gasteiger charge is -2.24. The Morgan fingerprint density at radius 1 is 1.33 bits per heavy atom. The molecule has 6 nitrogen and oxygen atoms in total. The van der Waals surface area contributed by atoms with Crippen LogP contribution in [0.2, 0.25) is 0 Å². The van der Waals surface area contributed by atoms with E-state index in [-0.39, 0.29) is 18.2 Å². The molecule has 7 heteroatoms. The maximum absolute atomic E-state index is 11.6. The van der Waals surface area contributed by atoms with E-state index in [2.05, 4.69) is 0 Å². The van der Waals surface area contributed by atoms with E-state index in [1.165, 1.54) is 7.11 Å². The highest BCUT2D eigenvalue weighted by molar-refractivity contribution is 7.75. The van der Waals surface area contributed by atoms with Crippen LogP contribution in [0.3, 0.4) is 0 Å². The second-order valence-corrected chi connectivity index (χ2v) is 7.63. The molecule has 1 heterocycles. The molecule has 1 saturated heterocycles. The van der Waals surface area contributed by atoms with Crippen LogP contribution < -0.4 is 0 Å². The SMILES string of the molecule is [2H]/C(=C\P(=O)(O)C=O)[C@H]1O[C@@H](c2ccccc2)[C@H](OC)[C@@H]1OC(C)C. The molecule has 0 spiro atoms. The normalized spacial score (nSPS) is 30.9. The molecule has 1 fully saturated rings. The molecule has 1 aromatic carbocycles. The summed E-state index contributed by atoms with van der Waals surface area (Å²) in [5.74, 6) is 0.738. The summed E-state index contributed by atoms with van der Waals surface area (Å²) in [5.41, 5.74) is 0.851. The third-order valence-corrected chi connectivity index (χ3v) is 4.44. The number of rotatable bonds is 7. The van der Waals surface area contributed by atoms with Crippen LogP contribution in [-0.4, -0.2) is 42.4 Å². The van der Waals surface area contributed by atoms with Gasteiger partial charge >= 0.3 is 0 Å². The first-order chi connectivity index (χ1) is 11.8. The molecular formula is C17H23O6P. The Bertz CT molecular complexity index is 662. The topological polar surface area (TPSA) is 82.1 Å². The molecule has 1 aromatic rings. The molecule has 0 amide bonds. The number of carbonyl (C=O) groups is 1. The van der Waals surface area contributed by atoms with Crippen LogP contribution in [0.1, 0.15) is 26.9 Å². The zero-order valence-electron chi connectivity index (χ0n) is 14.9. The number of carbonyl (C=O) groups excluding carboxylic acids is 1. The minimum atomic E-state index is -4.17. The van der Waals surface area contributed by atoms with Crippen molar-refractivity contribution in [2.75, 3.05) is 7.11 Å². The minimum Gasteiger partial charge on any atom is -0.376 e. The van der Waals surface area contributed by atoms with Crippen molar-refractivity contribution in [3.8, 4) is 0 Å². The highest BCUT2D eigenvalue weighted by atomic mass is 31.2. The predicted molar refractivity (Wildman–Crippen MR) is 90.6 cm³/mol. The Morgan fingerprint density at radius 3 is 2.54 bits per heavy atom. The van der Waals surface area contributed by atoms with E-state index in [0.717, 1.165) is 11.4 Å². The summed E-state index contributed by atoms with van der Waals surface area (Å²) in [5, 5.41) is 0. The second-order valence-electron chi connectivity index (χ2n) is 5.81. The largest absolute Gasteiger partial charge is 0.376 e. The monoisotopic (exact) mass is 355 g/mol. The zero-order valence-corrected chi connectivity index (χ0v) is 14.8. The highest BCUT2D eigenvalue weighted by Gasteiger charge is 2.45. The van der Waals surface area contributed by atoms with Gasteiger partial charge in [-0.3, -0.25) is 9.36 Å². The van der Waals surface area contributed by atoms with Crippen molar-refractivity contribution in [2.45, 2.75) is 44.4 Å². The molecule has 5 atom stereocenters. The Morgan fingerprint density at radius 2 is 2.00 bits per heavy atom. The van der Waals surface area contributed by atoms with Crippen LogP contribution in [0.5, 0.6) is 0 Å². The van der Waals surface area contributed by atoms with E-state index in [0.29, 0.717) is 0 Å². The van der Waals surface area contributed by atoms with Gasteiger partial charge in [-0.25, -0.2) is 0 Å². The van der Waals surface area contributed by atoms with Crippen molar-refractivity contribution < 1.29 is 29.8 Å². The van der Waals surface area contributed by atoms with E-state index in [9.17, 15) is 14.3 Å². The average molecular weight is 355 g/mol. The summed E-state index contributed by atoms with van der Waals surface area (Å²) in [6, 6.07) is 9.02. The van der Waals surface area contributed by atoms with Gasteiger partial charge in [-0.15, -0.1) is 0 Å². The van der Waals surface area contributed by atoms with Gasteiger partial charge in [-0.05, 0) is 25.5 Å². The van der Waals surface area contributed by atoms with Crippen molar-refractivity contribution >= 4 is 13.4 Å². The number of methoxy groups -OCH3 is 1. The van der Waals surface area contributed by atoms with Crippen LogP contribution in [-0.2, 0) is 23.6 Å². The van der Waals surface area contributed by atoms with Gasteiger partial charge in [-0.2, -0.15) is 0 Å². The minimum absolute atomic E-state index is 0.0583. The van der Waals surface area contributed by atoms with Crippen LogP contribution in [0.25, 0.3) is 0 Å². The van der Waals surface area contributed by atoms with Gasteiger partial charge in [-0.1, -0.05) is 30.3 Å². The number of benzene rings is 1. The van der Waals surface area contributed by atoms with E-state index >= 15 is 0 Å². The third kappa shape index (κ3) is 4.62. The Balaban J connectivity index is 2.39. The summed E-state index contributed by atoms with van der Waals surface area (Å²) in [6.07, 6.45) is -2.73. The van der Waals surface area contributed by atoms with E-state index in [1.807, 2.05) is 44.2 Å². The van der Waals surface area contributed by atoms with E-state index < -0.39 is 31.8 Å². The van der Waals surface area contributed by atoms with Crippen molar-refractivity contribution in [2.24, 2.45) is 0 Å². The predicted octanol–water partition coefficient (Wildman–Crippen LogP) is 2.91. The third-order valence-electron chi connectivity index (χ3n) is 3.62. The molecule has 0 bridgehead atoms. The fourth-order valence-corrected chi connectivity index (χ4v) is 3.06. The van der Waals surface area contributed by atoms with Crippen molar-refractivity contribution in [1.29, 1.82) is 0 Å². The molecule has 2 rings (SSSR count). The second kappa shape index (κ2) is 8.19. The van der Waals surface area contributed by atoms with Gasteiger partial charge < -0.3 is 19.1 Å². The van der Waals surface area contributed by atoms with Crippen LogP contribution in [0, 0.1) is 0 Å². The summed E-state index contributed by atoms with van der Waals surface area (Å²) >= 11 is 0. The summed E-state index contributed by atoms with van der Waals surface area (Å²) in [7, 11) is -2.64. The molecule has 1 aliphatic rings. The zero-order chi connectivity index (χ0) is 18.6. The number of hydrogen-bond acceptors (Lipinski definition) is 5. The fourth-order valence-electron chi connectivity index (χ4n) is 2.63. The highest BCUT2D eigenvalue weighted by Crippen LogP contribution is 2.42. The van der Waals surface area contributed by atoms with Gasteiger partial charge in [0, 0.05) is 12.9 Å². The van der Waals surface area contributed by atoms with Crippen molar-refractivity contribution in [1.82, 2.24) is 0 Å². The van der Waals surface area contributed by atoms with Gasteiger partial charge in [0.05, 0.1) is 7.47 Å². The van der Waals surface area contributed by atoms with Crippen LogP contribution >= 0.6 is 7.37 Å². The summed E-state index contributed by atoms with van der Waals surface area (Å²) in [4.78, 5) is 20.2. The fraction of sp³-hybridized carbons (Fsp3) is 0.471. The lowest BCUT2D eigenvalue weighted by atomic mass is 10.0. The van der Waals surface area contributed by atoms with E-state index in [1.54, 1.807) is 0 Å². The quantitative estimate of drug-likeness (QED) is 0.598. The first-order valence-corrected chi connectivity index (χ1v) is 9.45. The molecule has 132 valence electrons. The first-order valence-electron chi connectivity index (χ1n) is 8.15. The maximum Gasteiger partial charge on any atom is 0.283 e. The molecule has 24 heavy (non-hydrogen) atoms. The smallest absolute Gasteiger partial charge is 0.283 e. The Kier molecular flexibility index (Phi) is 5.98. The van der Waals surface area contributed by atoms with Gasteiger partial charge in [0.15, 0.2) is 0 Å². The lowest BCUT2D eigenvalue weighted by Crippen LogP contribution is -2.36. The molecule has 0 radical (unpaired) electrons. The molecule has 0 aliphatic carbocycles. The van der Waals surface area contributed by atoms with Crippen molar-refractivity contribution in [3.63, 3.8) is 0 Å². The van der Waals surface area contributed by atoms with Gasteiger partial charge in [0.25, 0.3) is 7.37 Å². The maximum atomic E-state index is 11.6. The molecule has 1 unspecified atom stereocenters. The Hall–Kier alpha value is -1.30. The molecule has 1 aliphatic heterocycles. The Labute approximate surface area is 143 Å². The van der Waals surface area contributed by atoms with E-state index in [4.69, 9.17) is 15.6 Å². The van der Waals surface area contributed by atoms with Crippen LogP contribution in [0.4, 0.5) is 0 Å². The number of ether oxygens (including phenoxy) is 3. The average Bonchev–Trinajstić information content (AvgIpc) is 2.93. The summed E-state index contributed by atoms with van der Waals surface area (Å²) in [6.45, 7) is 3.69. The van der Waals surface area contributed by atoms with Crippen LogP contribution in [0.15, 0.2) is 42.2 Å². The van der Waals surface area contributed by atoms with Gasteiger partial charge in [0.2, 0.25) is 6.03 Å². The standard InChI is InChI=1S/C17H23O6P/c1-12(2)22-16-14(9-10-24(19,20)11-18)23-15(17(16)21-3)13-7-5-4-6-8-13/h4-12,14-17H,1-3H3,(H,19,20)/b10-9+/t14-,15+,16-,17+/m1/s1/i9D. The van der Waals surface area contributed by atoms with Gasteiger partial charge in [0.1, 0.15) is 24.4 Å². The molecule has 0 aromatic heterocycles. The molecule has 1 N–H and O–H groups in total. The van der Waals surface area contributed by atoms with Crippen molar-refractivity contribution in [3.05, 3.63) is 47.8 Å². The summed E-state index contributed by atoms with van der Waals surface area (Å²) < 4.78 is 37.2. The lowest BCUT2D eigenvalue weighted by molar-refractivity contribution is -0.0694. The molecular weight excluding hydrogens is 331 g/mol.